The van der Waals surface area contributed by atoms with Crippen LogP contribution in [-0.4, -0.2) is 26.6 Å². The van der Waals surface area contributed by atoms with Crippen molar-refractivity contribution in [1.82, 2.24) is 0 Å². The molecule has 0 bridgehead atoms. The van der Waals surface area contributed by atoms with Crippen molar-refractivity contribution in [1.29, 1.82) is 0 Å². The van der Waals surface area contributed by atoms with E-state index in [1.807, 2.05) is 0 Å². The standard InChI is InChI=1S/C21H13Cl3N4O6/c1-2-15-25-14-8-7-12(28(33)34)9-13(14)21(30)19(17(23)16(22)18(24)20(21)29)26(15)10-3-5-11(6-4-10)27(31)32/h3-9,30H,2H2,1H3. The van der Waals surface area contributed by atoms with Crippen LogP contribution in [0.3, 0.4) is 0 Å². The monoisotopic (exact) mass is 522 g/mol. The highest BCUT2D eigenvalue weighted by Gasteiger charge is 2.54. The van der Waals surface area contributed by atoms with E-state index in [4.69, 9.17) is 34.8 Å². The summed E-state index contributed by atoms with van der Waals surface area (Å²) in [6.45, 7) is 1.75. The molecule has 1 N–H and O–H groups in total. The summed E-state index contributed by atoms with van der Waals surface area (Å²) < 4.78 is 0. The number of benzene rings is 2. The van der Waals surface area contributed by atoms with Crippen LogP contribution in [0, 0.1) is 20.2 Å². The topological polar surface area (TPSA) is 139 Å². The van der Waals surface area contributed by atoms with Crippen LogP contribution in [0.5, 0.6) is 0 Å². The summed E-state index contributed by atoms with van der Waals surface area (Å²) in [4.78, 5) is 40.6. The lowest BCUT2D eigenvalue weighted by atomic mass is 9.81. The Hall–Kier alpha value is -3.31. The van der Waals surface area contributed by atoms with Crippen LogP contribution < -0.4 is 4.90 Å². The Morgan fingerprint density at radius 2 is 1.56 bits per heavy atom. The van der Waals surface area contributed by atoms with Gasteiger partial charge in [0.2, 0.25) is 5.78 Å². The molecule has 2 aromatic rings. The van der Waals surface area contributed by atoms with Crippen LogP contribution in [0.4, 0.5) is 22.7 Å². The minimum Gasteiger partial charge on any atom is -0.372 e. The minimum atomic E-state index is -2.60. The predicted molar refractivity (Wildman–Crippen MR) is 127 cm³/mol. The molecule has 0 amide bonds. The highest BCUT2D eigenvalue weighted by molar-refractivity contribution is 6.55. The summed E-state index contributed by atoms with van der Waals surface area (Å²) in [7, 11) is 0. The van der Waals surface area contributed by atoms with Gasteiger partial charge in [-0.15, -0.1) is 0 Å². The molecule has 0 saturated heterocycles. The van der Waals surface area contributed by atoms with E-state index in [9.17, 15) is 30.1 Å². The number of carbonyl (C=O) groups excluding carboxylic acids is 1. The predicted octanol–water partition coefficient (Wildman–Crippen LogP) is 5.37. The Morgan fingerprint density at radius 1 is 0.971 bits per heavy atom. The largest absolute Gasteiger partial charge is 0.372 e. The molecule has 0 aromatic heterocycles. The Bertz CT molecular complexity index is 1370. The molecular formula is C21H13Cl3N4O6. The lowest BCUT2D eigenvalue weighted by molar-refractivity contribution is -0.385. The number of amidine groups is 1. The number of non-ortho nitro benzene ring substituents is 2. The van der Waals surface area contributed by atoms with Crippen LogP contribution >= 0.6 is 34.8 Å². The summed E-state index contributed by atoms with van der Waals surface area (Å²) >= 11 is 18.9. The molecule has 174 valence electrons. The number of nitro groups is 2. The quantitative estimate of drug-likeness (QED) is 0.419. The van der Waals surface area contributed by atoms with Crippen molar-refractivity contribution in [2.45, 2.75) is 18.9 Å². The average molecular weight is 524 g/mol. The summed E-state index contributed by atoms with van der Waals surface area (Å²) in [6, 6.07) is 8.74. The van der Waals surface area contributed by atoms with Crippen molar-refractivity contribution in [2.75, 3.05) is 4.90 Å². The van der Waals surface area contributed by atoms with Crippen LogP contribution in [0.2, 0.25) is 0 Å². The molecule has 13 heteroatoms. The summed E-state index contributed by atoms with van der Waals surface area (Å²) in [5, 5.41) is 33.3. The molecule has 1 atom stereocenters. The van der Waals surface area contributed by atoms with E-state index in [1.165, 1.54) is 41.3 Å². The molecule has 4 rings (SSSR count). The molecule has 34 heavy (non-hydrogen) atoms. The van der Waals surface area contributed by atoms with Gasteiger partial charge in [-0.1, -0.05) is 41.7 Å². The molecular weight excluding hydrogens is 511 g/mol. The first-order chi connectivity index (χ1) is 16.0. The van der Waals surface area contributed by atoms with Gasteiger partial charge in [0, 0.05) is 41.9 Å². The highest BCUT2D eigenvalue weighted by Crippen LogP contribution is 2.52. The Balaban J connectivity index is 2.11. The third-order valence-corrected chi connectivity index (χ3v) is 6.71. The summed E-state index contributed by atoms with van der Waals surface area (Å²) in [6.07, 6.45) is 0.250. The van der Waals surface area contributed by atoms with Crippen molar-refractivity contribution >= 4 is 69.2 Å². The highest BCUT2D eigenvalue weighted by atomic mass is 35.5. The fraction of sp³-hybridized carbons (Fsp3) is 0.143. The molecule has 1 aliphatic carbocycles. The van der Waals surface area contributed by atoms with E-state index >= 15 is 0 Å². The zero-order valence-corrected chi connectivity index (χ0v) is 19.4. The normalized spacial score (nSPS) is 20.0. The van der Waals surface area contributed by atoms with Crippen LogP contribution in [0.15, 0.2) is 68.3 Å². The molecule has 1 aliphatic heterocycles. The second-order valence-electron chi connectivity index (χ2n) is 7.28. The lowest BCUT2D eigenvalue weighted by Crippen LogP contribution is -2.48. The van der Waals surface area contributed by atoms with Gasteiger partial charge in [0.25, 0.3) is 11.4 Å². The number of Topliss-reactive ketones (excluding diaryl/α,β-unsaturated/α-hetero) is 1. The molecule has 0 fully saturated rings. The van der Waals surface area contributed by atoms with Gasteiger partial charge in [0.1, 0.15) is 10.9 Å². The maximum Gasteiger partial charge on any atom is 0.269 e. The van der Waals surface area contributed by atoms with Gasteiger partial charge < -0.3 is 5.11 Å². The molecule has 0 spiro atoms. The van der Waals surface area contributed by atoms with Gasteiger partial charge >= 0.3 is 0 Å². The second kappa shape index (κ2) is 8.48. The molecule has 0 saturated carbocycles. The van der Waals surface area contributed by atoms with Crippen LogP contribution in [0.25, 0.3) is 0 Å². The SMILES string of the molecule is CCC1=Nc2ccc([N+](=O)[O-])cc2C2(O)C(=O)C(Cl)=C(Cl)C(Cl)=C2N1c1ccc([N+](=O)[O-])cc1. The van der Waals surface area contributed by atoms with Gasteiger partial charge in [0.05, 0.1) is 31.3 Å². The third kappa shape index (κ3) is 3.46. The van der Waals surface area contributed by atoms with Crippen LogP contribution in [-0.2, 0) is 10.4 Å². The van der Waals surface area contributed by atoms with Gasteiger partial charge in [-0.05, 0) is 18.2 Å². The molecule has 2 aromatic carbocycles. The number of aliphatic imine (C=N–C) groups is 1. The number of nitro benzene ring substituents is 2. The number of halogens is 3. The Morgan fingerprint density at radius 3 is 2.12 bits per heavy atom. The van der Waals surface area contributed by atoms with Gasteiger partial charge in [0.15, 0.2) is 5.60 Å². The van der Waals surface area contributed by atoms with Gasteiger partial charge in [-0.25, -0.2) is 4.99 Å². The number of allylic oxidation sites excluding steroid dienone is 2. The maximum absolute atomic E-state index is 13.4. The average Bonchev–Trinajstić information content (AvgIpc) is 2.94. The molecule has 1 unspecified atom stereocenters. The van der Waals surface area contributed by atoms with E-state index in [0.717, 1.165) is 6.07 Å². The van der Waals surface area contributed by atoms with E-state index in [0.29, 0.717) is 0 Å². The number of anilines is 1. The van der Waals surface area contributed by atoms with Gasteiger partial charge in [-0.3, -0.25) is 29.9 Å². The fourth-order valence-electron chi connectivity index (χ4n) is 3.82. The number of nitrogens with zero attached hydrogens (tertiary/aromatic N) is 4. The lowest BCUT2D eigenvalue weighted by Gasteiger charge is -2.39. The van der Waals surface area contributed by atoms with E-state index in [-0.39, 0.29) is 50.6 Å². The fourth-order valence-corrected chi connectivity index (χ4v) is 4.59. The van der Waals surface area contributed by atoms with Crippen molar-refractivity contribution in [3.8, 4) is 0 Å². The smallest absolute Gasteiger partial charge is 0.269 e. The molecule has 10 nitrogen and oxygen atoms in total. The molecule has 2 aliphatic rings. The Labute approximate surface area is 206 Å². The number of fused-ring (bicyclic) bond motifs is 3. The van der Waals surface area contributed by atoms with Gasteiger partial charge in [-0.2, -0.15) is 0 Å². The summed E-state index contributed by atoms with van der Waals surface area (Å²) in [5.41, 5.74) is -3.30. The minimum absolute atomic E-state index is 0.0761. The van der Waals surface area contributed by atoms with E-state index in [2.05, 4.69) is 4.99 Å². The first kappa shape index (κ1) is 23.8. The number of hydrogen-bond acceptors (Lipinski definition) is 8. The first-order valence-corrected chi connectivity index (χ1v) is 10.8. The number of carbonyl (C=O) groups is 1. The van der Waals surface area contributed by atoms with Crippen molar-refractivity contribution in [3.05, 3.63) is 89.1 Å². The number of ketones is 1. The third-order valence-electron chi connectivity index (χ3n) is 5.41. The van der Waals surface area contributed by atoms with Crippen LogP contribution in [0.1, 0.15) is 18.9 Å². The summed E-state index contributed by atoms with van der Waals surface area (Å²) in [5.74, 6) is -0.775. The maximum atomic E-state index is 13.4. The number of hydrogen-bond donors (Lipinski definition) is 1. The zero-order valence-electron chi connectivity index (χ0n) is 17.2. The van der Waals surface area contributed by atoms with E-state index < -0.39 is 32.0 Å². The van der Waals surface area contributed by atoms with E-state index in [1.54, 1.807) is 6.92 Å². The molecule has 1 heterocycles. The van der Waals surface area contributed by atoms with Crippen molar-refractivity contribution < 1.29 is 19.7 Å². The molecule has 0 radical (unpaired) electrons. The number of aliphatic hydroxyl groups is 1. The van der Waals surface area contributed by atoms with Crippen molar-refractivity contribution in [3.63, 3.8) is 0 Å². The Kier molecular flexibility index (Phi) is 5.94. The van der Waals surface area contributed by atoms with Crippen molar-refractivity contribution in [2.24, 2.45) is 4.99 Å². The zero-order chi connectivity index (χ0) is 24.9. The second-order valence-corrected chi connectivity index (χ2v) is 8.41. The number of rotatable bonds is 4. The first-order valence-electron chi connectivity index (χ1n) is 9.66.